The first kappa shape index (κ1) is 19.5. The van der Waals surface area contributed by atoms with E-state index in [1.54, 1.807) is 18.4 Å². The van der Waals surface area contributed by atoms with Gasteiger partial charge in [0.15, 0.2) is 0 Å². The van der Waals surface area contributed by atoms with E-state index < -0.39 is 0 Å². The van der Waals surface area contributed by atoms with Crippen LogP contribution in [-0.4, -0.2) is 16.1 Å². The molecule has 0 spiro atoms. The molecule has 0 radical (unpaired) electrons. The van der Waals surface area contributed by atoms with Gasteiger partial charge in [0.25, 0.3) is 0 Å². The van der Waals surface area contributed by atoms with Gasteiger partial charge < -0.3 is 9.73 Å². The van der Waals surface area contributed by atoms with Crippen molar-refractivity contribution in [1.82, 2.24) is 10.3 Å². The van der Waals surface area contributed by atoms with Gasteiger partial charge in [-0.2, -0.15) is 0 Å². The smallest absolute Gasteiger partial charge is 0.233 e. The first-order valence-corrected chi connectivity index (χ1v) is 10.1. The standard InChI is InChI=1S/C21H21ClN2O2S/c1-14-3-5-16(6-4-14)11-23-20(25)15(2)27-13-19-12-26-21(24-19)17-7-9-18(22)10-8-17/h3-10,12,15H,11,13H2,1-2H3,(H,23,25). The van der Waals surface area contributed by atoms with Crippen LogP contribution < -0.4 is 5.32 Å². The lowest BCUT2D eigenvalue weighted by atomic mass is 10.1. The van der Waals surface area contributed by atoms with Crippen LogP contribution in [0.15, 0.2) is 59.2 Å². The number of aryl methyl sites for hydroxylation is 1. The summed E-state index contributed by atoms with van der Waals surface area (Å²) in [6.45, 7) is 4.48. The van der Waals surface area contributed by atoms with Crippen LogP contribution in [0.25, 0.3) is 11.5 Å². The maximum atomic E-state index is 12.3. The molecule has 3 aromatic rings. The Kier molecular flexibility index (Phi) is 6.58. The third-order valence-electron chi connectivity index (χ3n) is 4.08. The van der Waals surface area contributed by atoms with Crippen molar-refractivity contribution < 1.29 is 9.21 Å². The van der Waals surface area contributed by atoms with Crippen molar-refractivity contribution in [1.29, 1.82) is 0 Å². The minimum Gasteiger partial charge on any atom is -0.444 e. The zero-order valence-corrected chi connectivity index (χ0v) is 16.8. The molecule has 27 heavy (non-hydrogen) atoms. The third-order valence-corrected chi connectivity index (χ3v) is 5.51. The van der Waals surface area contributed by atoms with Crippen LogP contribution in [0, 0.1) is 6.92 Å². The van der Waals surface area contributed by atoms with E-state index in [2.05, 4.69) is 10.3 Å². The fourth-order valence-electron chi connectivity index (χ4n) is 2.42. The summed E-state index contributed by atoms with van der Waals surface area (Å²) in [5.74, 6) is 1.18. The van der Waals surface area contributed by atoms with Crippen molar-refractivity contribution in [2.24, 2.45) is 0 Å². The Labute approximate surface area is 168 Å². The molecule has 0 aliphatic heterocycles. The Balaban J connectivity index is 1.48. The zero-order chi connectivity index (χ0) is 19.2. The summed E-state index contributed by atoms with van der Waals surface area (Å²) in [6.07, 6.45) is 1.63. The van der Waals surface area contributed by atoms with E-state index in [-0.39, 0.29) is 11.2 Å². The van der Waals surface area contributed by atoms with E-state index in [0.29, 0.717) is 23.2 Å². The molecule has 1 atom stereocenters. The molecular weight excluding hydrogens is 380 g/mol. The number of nitrogens with zero attached hydrogens (tertiary/aromatic N) is 1. The van der Waals surface area contributed by atoms with Crippen molar-refractivity contribution in [3.05, 3.63) is 76.6 Å². The van der Waals surface area contributed by atoms with Gasteiger partial charge in [-0.3, -0.25) is 4.79 Å². The van der Waals surface area contributed by atoms with Gasteiger partial charge >= 0.3 is 0 Å². The molecule has 1 heterocycles. The van der Waals surface area contributed by atoms with Crippen LogP contribution in [-0.2, 0) is 17.1 Å². The highest BCUT2D eigenvalue weighted by Gasteiger charge is 2.15. The molecule has 4 nitrogen and oxygen atoms in total. The quantitative estimate of drug-likeness (QED) is 0.589. The van der Waals surface area contributed by atoms with E-state index in [9.17, 15) is 4.79 Å². The Morgan fingerprint density at radius 3 is 2.59 bits per heavy atom. The van der Waals surface area contributed by atoms with Gasteiger partial charge in [0.1, 0.15) is 6.26 Å². The highest BCUT2D eigenvalue weighted by molar-refractivity contribution is 7.99. The summed E-state index contributed by atoms with van der Waals surface area (Å²) in [5.41, 5.74) is 3.98. The van der Waals surface area contributed by atoms with Crippen LogP contribution in [0.3, 0.4) is 0 Å². The predicted molar refractivity (Wildman–Crippen MR) is 111 cm³/mol. The molecule has 1 aromatic heterocycles. The molecule has 0 saturated carbocycles. The number of nitrogens with one attached hydrogen (secondary N) is 1. The number of hydrogen-bond acceptors (Lipinski definition) is 4. The van der Waals surface area contributed by atoms with Crippen molar-refractivity contribution in [3.8, 4) is 11.5 Å². The van der Waals surface area contributed by atoms with Crippen LogP contribution in [0.5, 0.6) is 0 Å². The number of benzene rings is 2. The molecule has 1 unspecified atom stereocenters. The fraction of sp³-hybridized carbons (Fsp3) is 0.238. The summed E-state index contributed by atoms with van der Waals surface area (Å²) in [7, 11) is 0. The monoisotopic (exact) mass is 400 g/mol. The summed E-state index contributed by atoms with van der Waals surface area (Å²) >= 11 is 7.43. The van der Waals surface area contributed by atoms with E-state index in [0.717, 1.165) is 16.8 Å². The van der Waals surface area contributed by atoms with Gasteiger partial charge in [0.2, 0.25) is 11.8 Å². The Morgan fingerprint density at radius 2 is 1.89 bits per heavy atom. The largest absolute Gasteiger partial charge is 0.444 e. The third kappa shape index (κ3) is 5.62. The Bertz CT molecular complexity index is 891. The molecule has 140 valence electrons. The fourth-order valence-corrected chi connectivity index (χ4v) is 3.34. The maximum Gasteiger partial charge on any atom is 0.233 e. The Hall–Kier alpha value is -2.24. The van der Waals surface area contributed by atoms with Crippen molar-refractivity contribution in [2.45, 2.75) is 31.4 Å². The molecule has 0 saturated heterocycles. The number of aromatic nitrogens is 1. The highest BCUT2D eigenvalue weighted by atomic mass is 35.5. The van der Waals surface area contributed by atoms with Gasteiger partial charge in [-0.15, -0.1) is 11.8 Å². The molecule has 2 aromatic carbocycles. The van der Waals surface area contributed by atoms with Crippen molar-refractivity contribution >= 4 is 29.3 Å². The van der Waals surface area contributed by atoms with E-state index >= 15 is 0 Å². The first-order chi connectivity index (χ1) is 13.0. The summed E-state index contributed by atoms with van der Waals surface area (Å²) in [4.78, 5) is 16.8. The molecule has 3 rings (SSSR count). The summed E-state index contributed by atoms with van der Waals surface area (Å²) in [5, 5.41) is 3.47. The number of amides is 1. The number of oxazole rings is 1. The zero-order valence-electron chi connectivity index (χ0n) is 15.2. The SMILES string of the molecule is Cc1ccc(CNC(=O)C(C)SCc2coc(-c3ccc(Cl)cc3)n2)cc1. The van der Waals surface area contributed by atoms with Gasteiger partial charge in [-0.1, -0.05) is 41.4 Å². The van der Waals surface area contributed by atoms with E-state index in [1.807, 2.05) is 50.2 Å². The average molecular weight is 401 g/mol. The molecule has 1 amide bonds. The topological polar surface area (TPSA) is 55.1 Å². The van der Waals surface area contributed by atoms with Gasteiger partial charge in [-0.05, 0) is 43.7 Å². The van der Waals surface area contributed by atoms with Gasteiger partial charge in [0, 0.05) is 22.9 Å². The number of hydrogen-bond donors (Lipinski definition) is 1. The number of carbonyl (C=O) groups excluding carboxylic acids is 1. The average Bonchev–Trinajstić information content (AvgIpc) is 3.15. The second kappa shape index (κ2) is 9.11. The lowest BCUT2D eigenvalue weighted by Gasteiger charge is -2.11. The molecular formula is C21H21ClN2O2S. The molecule has 6 heteroatoms. The molecule has 1 N–H and O–H groups in total. The second-order valence-corrected chi connectivity index (χ2v) is 8.07. The van der Waals surface area contributed by atoms with Crippen LogP contribution in [0.2, 0.25) is 5.02 Å². The van der Waals surface area contributed by atoms with Crippen LogP contribution in [0.4, 0.5) is 0 Å². The predicted octanol–water partition coefficient (Wildman–Crippen LogP) is 5.24. The lowest BCUT2D eigenvalue weighted by molar-refractivity contribution is -0.120. The van der Waals surface area contributed by atoms with E-state index in [4.69, 9.17) is 16.0 Å². The van der Waals surface area contributed by atoms with Crippen molar-refractivity contribution in [2.75, 3.05) is 0 Å². The van der Waals surface area contributed by atoms with Gasteiger partial charge in [0.05, 0.1) is 10.9 Å². The summed E-state index contributed by atoms with van der Waals surface area (Å²) < 4.78 is 5.53. The highest BCUT2D eigenvalue weighted by Crippen LogP contribution is 2.23. The lowest BCUT2D eigenvalue weighted by Crippen LogP contribution is -2.30. The van der Waals surface area contributed by atoms with Crippen molar-refractivity contribution in [3.63, 3.8) is 0 Å². The molecule has 0 fully saturated rings. The van der Waals surface area contributed by atoms with Crippen LogP contribution in [0.1, 0.15) is 23.7 Å². The first-order valence-electron chi connectivity index (χ1n) is 8.66. The van der Waals surface area contributed by atoms with E-state index in [1.165, 1.54) is 17.3 Å². The number of thioether (sulfide) groups is 1. The normalized spacial score (nSPS) is 12.0. The summed E-state index contributed by atoms with van der Waals surface area (Å²) in [6, 6.07) is 15.5. The minimum atomic E-state index is -0.175. The molecule has 0 bridgehead atoms. The number of rotatable bonds is 7. The van der Waals surface area contributed by atoms with Crippen LogP contribution >= 0.6 is 23.4 Å². The number of carbonyl (C=O) groups is 1. The molecule has 0 aliphatic carbocycles. The Morgan fingerprint density at radius 1 is 1.19 bits per heavy atom. The molecule has 0 aliphatic rings. The number of halogens is 1. The second-order valence-electron chi connectivity index (χ2n) is 6.31. The van der Waals surface area contributed by atoms with Gasteiger partial charge in [-0.25, -0.2) is 4.98 Å². The maximum absolute atomic E-state index is 12.3. The minimum absolute atomic E-state index is 0.0157.